The Hall–Kier alpha value is -1.44. The lowest BCUT2D eigenvalue weighted by Gasteiger charge is -2.21. The van der Waals surface area contributed by atoms with Crippen molar-refractivity contribution in [2.75, 3.05) is 6.61 Å². The minimum absolute atomic E-state index is 0.146. The second-order valence-corrected chi connectivity index (χ2v) is 4.12. The van der Waals surface area contributed by atoms with Crippen LogP contribution in [0, 0.1) is 0 Å². The van der Waals surface area contributed by atoms with Crippen LogP contribution < -0.4 is 9.47 Å². The lowest BCUT2D eigenvalue weighted by Crippen LogP contribution is -2.22. The Balaban J connectivity index is 0.00000106. The van der Waals surface area contributed by atoms with Gasteiger partial charge in [-0.3, -0.25) is 0 Å². The van der Waals surface area contributed by atoms with E-state index in [1.54, 1.807) is 0 Å². The van der Waals surface area contributed by atoms with E-state index in [1.807, 2.05) is 52.0 Å². The molecule has 0 saturated carbocycles. The lowest BCUT2D eigenvalue weighted by atomic mass is 10.2. The molecular weight excluding hydrogens is 200 g/mol. The highest BCUT2D eigenvalue weighted by molar-refractivity contribution is 5.31. The highest BCUT2D eigenvalue weighted by Crippen LogP contribution is 2.21. The fourth-order valence-corrected chi connectivity index (χ4v) is 1.12. The Morgan fingerprint density at radius 2 is 1.44 bits per heavy atom. The van der Waals surface area contributed by atoms with Gasteiger partial charge in [-0.2, -0.15) is 0 Å². The first-order chi connectivity index (χ1) is 7.51. The van der Waals surface area contributed by atoms with Crippen molar-refractivity contribution in [2.24, 2.45) is 0 Å². The summed E-state index contributed by atoms with van der Waals surface area (Å²) in [6.45, 7) is 14.8. The van der Waals surface area contributed by atoms with E-state index in [4.69, 9.17) is 9.47 Å². The SMILES string of the molecule is C=C.CCOc1ccc(OC(C)(C)C)cc1. The van der Waals surface area contributed by atoms with Crippen molar-refractivity contribution in [3.8, 4) is 11.5 Å². The molecule has 0 fully saturated rings. The molecule has 0 heterocycles. The first kappa shape index (κ1) is 14.6. The van der Waals surface area contributed by atoms with E-state index in [1.165, 1.54) is 0 Å². The normalized spacial score (nSPS) is 10.0. The van der Waals surface area contributed by atoms with Crippen LogP contribution >= 0.6 is 0 Å². The van der Waals surface area contributed by atoms with Gasteiger partial charge in [0.05, 0.1) is 6.61 Å². The fraction of sp³-hybridized carbons (Fsp3) is 0.429. The first-order valence-corrected chi connectivity index (χ1v) is 5.43. The Labute approximate surface area is 98.9 Å². The van der Waals surface area contributed by atoms with Crippen molar-refractivity contribution in [3.05, 3.63) is 37.4 Å². The molecule has 1 aromatic carbocycles. The van der Waals surface area contributed by atoms with E-state index in [-0.39, 0.29) is 5.60 Å². The molecule has 0 aliphatic carbocycles. The third-order valence-corrected chi connectivity index (χ3v) is 1.56. The summed E-state index contributed by atoms with van der Waals surface area (Å²) in [6.07, 6.45) is 0. The van der Waals surface area contributed by atoms with Crippen LogP contribution in [0.3, 0.4) is 0 Å². The maximum absolute atomic E-state index is 5.68. The van der Waals surface area contributed by atoms with Crippen molar-refractivity contribution in [1.29, 1.82) is 0 Å². The lowest BCUT2D eigenvalue weighted by molar-refractivity contribution is 0.131. The highest BCUT2D eigenvalue weighted by Gasteiger charge is 2.11. The minimum atomic E-state index is -0.146. The summed E-state index contributed by atoms with van der Waals surface area (Å²) < 4.78 is 11.0. The van der Waals surface area contributed by atoms with E-state index in [0.717, 1.165) is 11.5 Å². The molecule has 2 heteroatoms. The van der Waals surface area contributed by atoms with Crippen molar-refractivity contribution in [1.82, 2.24) is 0 Å². The smallest absolute Gasteiger partial charge is 0.120 e. The van der Waals surface area contributed by atoms with Crippen molar-refractivity contribution in [2.45, 2.75) is 33.3 Å². The van der Waals surface area contributed by atoms with Crippen LogP contribution in [0.4, 0.5) is 0 Å². The van der Waals surface area contributed by atoms with E-state index in [2.05, 4.69) is 13.2 Å². The summed E-state index contributed by atoms with van der Waals surface area (Å²) in [4.78, 5) is 0. The van der Waals surface area contributed by atoms with Gasteiger partial charge < -0.3 is 9.47 Å². The molecule has 1 aromatic rings. The molecule has 0 atom stereocenters. The van der Waals surface area contributed by atoms with Gasteiger partial charge >= 0.3 is 0 Å². The van der Waals surface area contributed by atoms with Gasteiger partial charge in [0.25, 0.3) is 0 Å². The highest BCUT2D eigenvalue weighted by atomic mass is 16.5. The van der Waals surface area contributed by atoms with Crippen LogP contribution in [0.1, 0.15) is 27.7 Å². The second kappa shape index (κ2) is 6.94. The van der Waals surface area contributed by atoms with E-state index >= 15 is 0 Å². The molecule has 2 nitrogen and oxygen atoms in total. The van der Waals surface area contributed by atoms with Gasteiger partial charge in [0.15, 0.2) is 0 Å². The summed E-state index contributed by atoms with van der Waals surface area (Å²) in [5.41, 5.74) is -0.146. The third-order valence-electron chi connectivity index (χ3n) is 1.56. The molecule has 0 aliphatic rings. The van der Waals surface area contributed by atoms with Gasteiger partial charge in [-0.1, -0.05) is 0 Å². The molecule has 0 saturated heterocycles. The van der Waals surface area contributed by atoms with Gasteiger partial charge in [-0.05, 0) is 52.0 Å². The molecule has 0 spiro atoms. The molecule has 0 aromatic heterocycles. The van der Waals surface area contributed by atoms with Gasteiger partial charge in [0.1, 0.15) is 17.1 Å². The molecule has 16 heavy (non-hydrogen) atoms. The average Bonchev–Trinajstić information content (AvgIpc) is 2.22. The Bertz CT molecular complexity index is 283. The number of rotatable bonds is 3. The van der Waals surface area contributed by atoms with Crippen molar-refractivity contribution < 1.29 is 9.47 Å². The van der Waals surface area contributed by atoms with Crippen LogP contribution in [-0.2, 0) is 0 Å². The Morgan fingerprint density at radius 1 is 1.00 bits per heavy atom. The predicted molar refractivity (Wildman–Crippen MR) is 69.2 cm³/mol. The molecule has 0 radical (unpaired) electrons. The molecule has 0 aliphatic heterocycles. The average molecular weight is 222 g/mol. The van der Waals surface area contributed by atoms with Crippen LogP contribution in [0.25, 0.3) is 0 Å². The summed E-state index contributed by atoms with van der Waals surface area (Å²) in [6, 6.07) is 7.70. The molecule has 90 valence electrons. The molecule has 0 amide bonds. The zero-order chi connectivity index (χ0) is 12.6. The fourth-order valence-electron chi connectivity index (χ4n) is 1.12. The third kappa shape index (κ3) is 6.12. The zero-order valence-corrected chi connectivity index (χ0v) is 10.7. The standard InChI is InChI=1S/C12H18O2.C2H4/c1-5-13-10-6-8-11(9-7-10)14-12(2,3)4;1-2/h6-9H,5H2,1-4H3;1-2H2. The minimum Gasteiger partial charge on any atom is -0.494 e. The van der Waals surface area contributed by atoms with E-state index < -0.39 is 0 Å². The van der Waals surface area contributed by atoms with Gasteiger partial charge in [0, 0.05) is 0 Å². The van der Waals surface area contributed by atoms with E-state index in [0.29, 0.717) is 6.61 Å². The largest absolute Gasteiger partial charge is 0.494 e. The second-order valence-electron chi connectivity index (χ2n) is 4.12. The topological polar surface area (TPSA) is 18.5 Å². The predicted octanol–water partition coefficient (Wildman–Crippen LogP) is 4.06. The maximum atomic E-state index is 5.68. The van der Waals surface area contributed by atoms with Crippen LogP contribution in [0.15, 0.2) is 37.4 Å². The summed E-state index contributed by atoms with van der Waals surface area (Å²) in [7, 11) is 0. The molecular formula is C14H22O2. The zero-order valence-electron chi connectivity index (χ0n) is 10.7. The van der Waals surface area contributed by atoms with E-state index in [9.17, 15) is 0 Å². The maximum Gasteiger partial charge on any atom is 0.120 e. The van der Waals surface area contributed by atoms with Crippen LogP contribution in [0.5, 0.6) is 11.5 Å². The number of benzene rings is 1. The van der Waals surface area contributed by atoms with Crippen molar-refractivity contribution >= 4 is 0 Å². The number of hydrogen-bond donors (Lipinski definition) is 0. The Kier molecular flexibility index (Phi) is 6.31. The molecule has 0 N–H and O–H groups in total. The van der Waals surface area contributed by atoms with Crippen LogP contribution in [0.2, 0.25) is 0 Å². The monoisotopic (exact) mass is 222 g/mol. The number of ether oxygens (including phenoxy) is 2. The first-order valence-electron chi connectivity index (χ1n) is 5.43. The van der Waals surface area contributed by atoms with Gasteiger partial charge in [0.2, 0.25) is 0 Å². The van der Waals surface area contributed by atoms with Crippen LogP contribution in [-0.4, -0.2) is 12.2 Å². The molecule has 1 rings (SSSR count). The van der Waals surface area contributed by atoms with Crippen molar-refractivity contribution in [3.63, 3.8) is 0 Å². The summed E-state index contributed by atoms with van der Waals surface area (Å²) in [5, 5.41) is 0. The van der Waals surface area contributed by atoms with Gasteiger partial charge in [-0.15, -0.1) is 13.2 Å². The molecule has 0 unspecified atom stereocenters. The summed E-state index contributed by atoms with van der Waals surface area (Å²) >= 11 is 0. The quantitative estimate of drug-likeness (QED) is 0.718. The molecule has 0 bridgehead atoms. The Morgan fingerprint density at radius 3 is 1.81 bits per heavy atom. The number of hydrogen-bond acceptors (Lipinski definition) is 2. The van der Waals surface area contributed by atoms with Gasteiger partial charge in [-0.25, -0.2) is 0 Å². The summed E-state index contributed by atoms with van der Waals surface area (Å²) in [5.74, 6) is 1.76.